The van der Waals surface area contributed by atoms with Gasteiger partial charge in [0.2, 0.25) is 5.88 Å². The maximum atomic E-state index is 5.43. The maximum absolute atomic E-state index is 5.43. The Kier molecular flexibility index (Phi) is 3.83. The Morgan fingerprint density at radius 2 is 2.07 bits per heavy atom. The third-order valence-electron chi connectivity index (χ3n) is 4.68. The smallest absolute Gasteiger partial charge is 0.241 e. The third-order valence-corrected chi connectivity index (χ3v) is 5.63. The van der Waals surface area contributed by atoms with Crippen LogP contribution in [0.1, 0.15) is 16.5 Å². The fourth-order valence-electron chi connectivity index (χ4n) is 3.38. The highest BCUT2D eigenvalue weighted by Gasteiger charge is 2.16. The summed E-state index contributed by atoms with van der Waals surface area (Å²) in [4.78, 5) is 18.0. The molecule has 9 heteroatoms. The zero-order valence-electron chi connectivity index (χ0n) is 15.6. The van der Waals surface area contributed by atoms with Crippen molar-refractivity contribution >= 4 is 28.0 Å². The summed E-state index contributed by atoms with van der Waals surface area (Å²) in [6.07, 6.45) is 5.19. The molecule has 0 saturated heterocycles. The number of pyridine rings is 1. The second kappa shape index (κ2) is 6.38. The lowest BCUT2D eigenvalue weighted by Crippen LogP contribution is -2.02. The van der Waals surface area contributed by atoms with Gasteiger partial charge in [-0.3, -0.25) is 0 Å². The summed E-state index contributed by atoms with van der Waals surface area (Å²) >= 11 is 1.66. The van der Waals surface area contributed by atoms with Gasteiger partial charge in [-0.05, 0) is 26.0 Å². The number of aromatic nitrogens is 7. The quantitative estimate of drug-likeness (QED) is 0.468. The van der Waals surface area contributed by atoms with E-state index in [1.165, 1.54) is 6.33 Å². The van der Waals surface area contributed by atoms with Crippen molar-refractivity contribution in [2.75, 3.05) is 7.11 Å². The van der Waals surface area contributed by atoms with Crippen molar-refractivity contribution in [2.45, 2.75) is 20.4 Å². The normalized spacial score (nSPS) is 11.5. The minimum atomic E-state index is 0.526. The molecule has 5 heterocycles. The van der Waals surface area contributed by atoms with Crippen LogP contribution in [-0.4, -0.2) is 41.2 Å². The molecule has 0 aliphatic rings. The first-order chi connectivity index (χ1) is 13.6. The van der Waals surface area contributed by atoms with E-state index in [9.17, 15) is 0 Å². The van der Waals surface area contributed by atoms with Crippen LogP contribution in [-0.2, 0) is 6.54 Å². The average molecular weight is 391 g/mol. The third kappa shape index (κ3) is 2.63. The number of fused-ring (bicyclic) bond motifs is 2. The van der Waals surface area contributed by atoms with Gasteiger partial charge in [-0.15, -0.1) is 11.3 Å². The minimum Gasteiger partial charge on any atom is -0.479 e. The van der Waals surface area contributed by atoms with E-state index in [2.05, 4.69) is 41.0 Å². The van der Waals surface area contributed by atoms with E-state index in [-0.39, 0.29) is 0 Å². The summed E-state index contributed by atoms with van der Waals surface area (Å²) in [6, 6.07) is 4.09. The molecule has 0 aromatic carbocycles. The number of rotatable bonds is 4. The maximum Gasteiger partial charge on any atom is 0.241 e. The average Bonchev–Trinajstić information content (AvgIpc) is 3.39. The van der Waals surface area contributed by atoms with Crippen molar-refractivity contribution in [3.63, 3.8) is 0 Å². The van der Waals surface area contributed by atoms with Crippen molar-refractivity contribution in [3.05, 3.63) is 52.8 Å². The van der Waals surface area contributed by atoms with Crippen LogP contribution < -0.4 is 4.74 Å². The highest BCUT2D eigenvalue weighted by atomic mass is 32.1. The molecule has 0 amide bonds. The molecule has 0 atom stereocenters. The molecule has 0 aliphatic heterocycles. The van der Waals surface area contributed by atoms with Crippen LogP contribution in [0.3, 0.4) is 0 Å². The van der Waals surface area contributed by atoms with Crippen LogP contribution in [0.4, 0.5) is 0 Å². The van der Waals surface area contributed by atoms with Gasteiger partial charge < -0.3 is 9.30 Å². The molecule has 5 aromatic heterocycles. The largest absolute Gasteiger partial charge is 0.479 e. The lowest BCUT2D eigenvalue weighted by atomic mass is 10.1. The molecule has 28 heavy (non-hydrogen) atoms. The van der Waals surface area contributed by atoms with Crippen molar-refractivity contribution in [2.24, 2.45) is 0 Å². The van der Waals surface area contributed by atoms with Gasteiger partial charge in [0.25, 0.3) is 0 Å². The summed E-state index contributed by atoms with van der Waals surface area (Å²) < 4.78 is 9.33. The Morgan fingerprint density at radius 1 is 1.18 bits per heavy atom. The predicted molar refractivity (Wildman–Crippen MR) is 107 cm³/mol. The van der Waals surface area contributed by atoms with Crippen LogP contribution in [0, 0.1) is 13.8 Å². The molecular weight excluding hydrogens is 374 g/mol. The number of hydrogen-bond acceptors (Lipinski definition) is 7. The first kappa shape index (κ1) is 16.8. The first-order valence-corrected chi connectivity index (χ1v) is 9.62. The van der Waals surface area contributed by atoms with Gasteiger partial charge in [-0.25, -0.2) is 19.5 Å². The highest BCUT2D eigenvalue weighted by molar-refractivity contribution is 7.09. The zero-order chi connectivity index (χ0) is 19.3. The Hall–Kier alpha value is -3.33. The van der Waals surface area contributed by atoms with E-state index in [0.29, 0.717) is 12.4 Å². The zero-order valence-corrected chi connectivity index (χ0v) is 16.4. The summed E-state index contributed by atoms with van der Waals surface area (Å²) in [6.45, 7) is 4.67. The number of hydrogen-bond donors (Lipinski definition) is 0. The molecule has 0 spiro atoms. The van der Waals surface area contributed by atoms with Crippen molar-refractivity contribution in [3.8, 4) is 17.0 Å². The van der Waals surface area contributed by atoms with Crippen LogP contribution in [0.25, 0.3) is 27.8 Å². The first-order valence-electron chi connectivity index (χ1n) is 8.74. The second-order valence-corrected chi connectivity index (χ2v) is 7.43. The molecule has 8 nitrogen and oxygen atoms in total. The van der Waals surface area contributed by atoms with Gasteiger partial charge >= 0.3 is 0 Å². The SMILES string of the molecule is COc1ncnn2ccc(-c3cnc4nc(C)n(Cc5nc(C)cs5)c4c3)c12. The van der Waals surface area contributed by atoms with E-state index in [4.69, 9.17) is 4.74 Å². The lowest BCUT2D eigenvalue weighted by molar-refractivity contribution is 0.399. The van der Waals surface area contributed by atoms with Gasteiger partial charge in [-0.2, -0.15) is 10.1 Å². The van der Waals surface area contributed by atoms with Crippen molar-refractivity contribution in [1.82, 2.24) is 34.1 Å². The standard InChI is InChI=1S/C19H17N7OS/c1-11-9-28-16(23-11)8-25-12(2)24-18-15(25)6-13(7-20-18)14-4-5-26-17(14)19(27-3)21-10-22-26/h4-7,9-10H,8H2,1-3H3. The van der Waals surface area contributed by atoms with Crippen molar-refractivity contribution < 1.29 is 4.74 Å². The second-order valence-electron chi connectivity index (χ2n) is 6.49. The highest BCUT2D eigenvalue weighted by Crippen LogP contribution is 2.31. The van der Waals surface area contributed by atoms with Crippen LogP contribution in [0.5, 0.6) is 5.88 Å². The summed E-state index contributed by atoms with van der Waals surface area (Å²) in [5.41, 5.74) is 5.46. The van der Waals surface area contributed by atoms with E-state index in [0.717, 1.165) is 44.3 Å². The lowest BCUT2D eigenvalue weighted by Gasteiger charge is -2.07. The number of imidazole rings is 1. The van der Waals surface area contributed by atoms with E-state index >= 15 is 0 Å². The number of methoxy groups -OCH3 is 1. The molecule has 0 unspecified atom stereocenters. The summed E-state index contributed by atoms with van der Waals surface area (Å²) in [5, 5.41) is 7.37. The topological polar surface area (TPSA) is 83.0 Å². The summed E-state index contributed by atoms with van der Waals surface area (Å²) in [7, 11) is 1.61. The molecule has 5 rings (SSSR count). The van der Waals surface area contributed by atoms with Gasteiger partial charge in [0.05, 0.1) is 19.2 Å². The fraction of sp³-hybridized carbons (Fsp3) is 0.211. The number of thiazole rings is 1. The van der Waals surface area contributed by atoms with Gasteiger partial charge in [0.15, 0.2) is 5.65 Å². The molecule has 0 fully saturated rings. The predicted octanol–water partition coefficient (Wildman–Crippen LogP) is 3.27. The monoisotopic (exact) mass is 391 g/mol. The van der Waals surface area contributed by atoms with Crippen LogP contribution in [0.15, 0.2) is 36.2 Å². The molecular formula is C19H17N7OS. The minimum absolute atomic E-state index is 0.526. The molecule has 0 saturated carbocycles. The Morgan fingerprint density at radius 3 is 2.86 bits per heavy atom. The Balaban J connectivity index is 1.67. The Bertz CT molecular complexity index is 1320. The van der Waals surface area contributed by atoms with Crippen molar-refractivity contribution in [1.29, 1.82) is 0 Å². The van der Waals surface area contributed by atoms with E-state index < -0.39 is 0 Å². The van der Waals surface area contributed by atoms with Gasteiger partial charge in [0, 0.05) is 34.6 Å². The molecule has 0 aliphatic carbocycles. The molecule has 0 radical (unpaired) electrons. The van der Waals surface area contributed by atoms with Crippen LogP contribution in [0.2, 0.25) is 0 Å². The van der Waals surface area contributed by atoms with Crippen LogP contribution >= 0.6 is 11.3 Å². The fourth-order valence-corrected chi connectivity index (χ4v) is 4.14. The number of ether oxygens (including phenoxy) is 1. The number of aryl methyl sites for hydroxylation is 2. The Labute approximate surface area is 164 Å². The summed E-state index contributed by atoms with van der Waals surface area (Å²) in [5.74, 6) is 1.44. The molecule has 0 N–H and O–H groups in total. The van der Waals surface area contributed by atoms with E-state index in [1.807, 2.05) is 32.3 Å². The van der Waals surface area contributed by atoms with Gasteiger partial charge in [0.1, 0.15) is 22.7 Å². The molecule has 5 aromatic rings. The molecule has 140 valence electrons. The number of nitrogens with zero attached hydrogens (tertiary/aromatic N) is 7. The van der Waals surface area contributed by atoms with Gasteiger partial charge in [-0.1, -0.05) is 0 Å². The molecule has 0 bridgehead atoms. The van der Waals surface area contributed by atoms with E-state index in [1.54, 1.807) is 23.0 Å².